The van der Waals surface area contributed by atoms with Gasteiger partial charge >= 0.3 is 0 Å². The quantitative estimate of drug-likeness (QED) is 0.183. The van der Waals surface area contributed by atoms with E-state index < -0.39 is 5.41 Å². The number of benzene rings is 9. The molecule has 0 amide bonds. The largest absolute Gasteiger partial charge is 0.353 e. The lowest BCUT2D eigenvalue weighted by Crippen LogP contribution is -2.26. The molecule has 13 rings (SSSR count). The van der Waals surface area contributed by atoms with Gasteiger partial charge in [-0.1, -0.05) is 217 Å². The highest BCUT2D eigenvalue weighted by molar-refractivity contribution is 6.22. The lowest BCUT2D eigenvalue weighted by Gasteiger charge is -2.32. The molecule has 67 heavy (non-hydrogen) atoms. The van der Waals surface area contributed by atoms with Crippen molar-refractivity contribution in [3.05, 3.63) is 234 Å². The van der Waals surface area contributed by atoms with Gasteiger partial charge in [-0.2, -0.15) is 0 Å². The van der Waals surface area contributed by atoms with Crippen LogP contribution in [0.4, 0.5) is 0 Å². The molecule has 9 aromatic carbocycles. The second-order valence-electron chi connectivity index (χ2n) is 17.1. The van der Waals surface area contributed by atoms with Crippen molar-refractivity contribution in [1.29, 1.82) is 0 Å². The predicted octanol–water partition coefficient (Wildman–Crippen LogP) is 17.2. The van der Waals surface area contributed by atoms with E-state index in [-0.39, 0.29) is 6.04 Å². The molecule has 0 saturated heterocycles. The number of nitrogens with one attached hydrogen (secondary N) is 1. The first kappa shape index (κ1) is 43.4. The summed E-state index contributed by atoms with van der Waals surface area (Å²) in [7, 11) is 4.46. The van der Waals surface area contributed by atoms with Gasteiger partial charge in [0.2, 0.25) is 0 Å². The summed E-state index contributed by atoms with van der Waals surface area (Å²) in [5, 5.41) is 4.98. The minimum atomic E-state index is -0.417. The summed E-state index contributed by atoms with van der Waals surface area (Å²) in [6, 6.07) is 74.7. The third-order valence-corrected chi connectivity index (χ3v) is 13.8. The average Bonchev–Trinajstić information content (AvgIpc) is 4.12. The number of rotatable bonds is 5. The normalized spacial score (nSPS) is 13.0. The molecular formula is C64H59N3. The highest BCUT2D eigenvalue weighted by atomic mass is 15.1. The van der Waals surface area contributed by atoms with Gasteiger partial charge in [-0.15, -0.1) is 0 Å². The van der Waals surface area contributed by atoms with Crippen molar-refractivity contribution in [2.24, 2.45) is 0 Å². The Labute approximate surface area is 396 Å². The topological polar surface area (TPSA) is 24.0 Å². The fraction of sp³-hybridized carbons (Fsp3) is 0.156. The number of hydrogen-bond donors (Lipinski definition) is 1. The molecule has 1 atom stereocenters. The van der Waals surface area contributed by atoms with E-state index in [0.29, 0.717) is 0 Å². The van der Waals surface area contributed by atoms with Crippen LogP contribution in [-0.4, -0.2) is 28.5 Å². The fourth-order valence-corrected chi connectivity index (χ4v) is 11.6. The highest BCUT2D eigenvalue weighted by Gasteiger charge is 2.52. The monoisotopic (exact) mass is 869 g/mol. The summed E-state index contributed by atoms with van der Waals surface area (Å²) in [5.74, 6) is 0. The molecule has 3 nitrogen and oxygen atoms in total. The Bertz CT molecular complexity index is 3540. The van der Waals surface area contributed by atoms with Crippen molar-refractivity contribution >= 4 is 43.6 Å². The minimum absolute atomic E-state index is 0.0477. The van der Waals surface area contributed by atoms with Crippen LogP contribution in [0.15, 0.2) is 200 Å². The van der Waals surface area contributed by atoms with Crippen molar-refractivity contribution in [2.45, 2.75) is 53.0 Å². The van der Waals surface area contributed by atoms with Gasteiger partial charge in [0.25, 0.3) is 0 Å². The molecule has 0 aliphatic heterocycles. The Kier molecular flexibility index (Phi) is 11.5. The maximum absolute atomic E-state index is 3.84. The SMILES string of the molecule is CC.CC.CC.CN(C)C(c1cccc(-n2c3ccccc3c3ccc4c5ccccc5[nH]c4c32)c1)c1ccc2c(c1-c1ccccc1)-c1ccccc1C21c2ccccc2-c2ccccc21. The molecule has 2 aliphatic carbocycles. The number of hydrogen-bond acceptors (Lipinski definition) is 1. The van der Waals surface area contributed by atoms with E-state index in [0.717, 1.165) is 16.7 Å². The van der Waals surface area contributed by atoms with Crippen LogP contribution in [0, 0.1) is 0 Å². The van der Waals surface area contributed by atoms with Crippen LogP contribution in [0.1, 0.15) is 81.0 Å². The highest BCUT2D eigenvalue weighted by Crippen LogP contribution is 2.64. The van der Waals surface area contributed by atoms with Crippen molar-refractivity contribution < 1.29 is 0 Å². The van der Waals surface area contributed by atoms with Crippen LogP contribution in [0.2, 0.25) is 0 Å². The second kappa shape index (κ2) is 17.7. The molecule has 1 spiro atoms. The first-order valence-electron chi connectivity index (χ1n) is 24.3. The Morgan fingerprint density at radius 1 is 0.448 bits per heavy atom. The summed E-state index contributed by atoms with van der Waals surface area (Å²) in [6.45, 7) is 12.0. The van der Waals surface area contributed by atoms with Gasteiger partial charge in [0.1, 0.15) is 0 Å². The lowest BCUT2D eigenvalue weighted by molar-refractivity contribution is 0.343. The van der Waals surface area contributed by atoms with Crippen LogP contribution in [0.5, 0.6) is 0 Å². The molecule has 2 aliphatic rings. The van der Waals surface area contributed by atoms with E-state index in [2.05, 4.69) is 229 Å². The van der Waals surface area contributed by atoms with Crippen LogP contribution in [0.3, 0.4) is 0 Å². The van der Waals surface area contributed by atoms with E-state index in [4.69, 9.17) is 0 Å². The second-order valence-corrected chi connectivity index (χ2v) is 17.1. The predicted molar refractivity (Wildman–Crippen MR) is 288 cm³/mol. The fourth-order valence-electron chi connectivity index (χ4n) is 11.6. The van der Waals surface area contributed by atoms with Crippen molar-refractivity contribution in [2.75, 3.05) is 14.1 Å². The van der Waals surface area contributed by atoms with Gasteiger partial charge < -0.3 is 9.55 Å². The number of fused-ring (bicyclic) bond motifs is 17. The molecule has 0 bridgehead atoms. The molecule has 2 heterocycles. The zero-order chi connectivity index (χ0) is 46.4. The minimum Gasteiger partial charge on any atom is -0.353 e. The summed E-state index contributed by atoms with van der Waals surface area (Å²) in [6.07, 6.45) is 0. The molecule has 0 saturated carbocycles. The Hall–Kier alpha value is -7.46. The molecule has 2 aromatic heterocycles. The van der Waals surface area contributed by atoms with Gasteiger partial charge in [0.15, 0.2) is 0 Å². The number of para-hydroxylation sites is 2. The van der Waals surface area contributed by atoms with Gasteiger partial charge in [-0.3, -0.25) is 4.90 Å². The zero-order valence-corrected chi connectivity index (χ0v) is 40.0. The molecule has 0 radical (unpaired) electrons. The standard InChI is InChI=1S/C58H41N3.3C2H6/c1-60(2)56(37-19-16-20-38(35-37)61-52-30-15-10-24-42(52)44-32-31-43-41-23-9-14-29-51(41)59-55(43)57(44)61)46-33-34-50-54(53(46)36-17-4-3-5-18-36)45-25-8-13-28-49(45)58(50)47-26-11-6-21-39(47)40-22-7-12-27-48(40)58;3*1-2/h3-35,56,59H,1-2H3;3*1-2H3. The van der Waals surface area contributed by atoms with E-state index in [9.17, 15) is 0 Å². The van der Waals surface area contributed by atoms with Gasteiger partial charge in [0.05, 0.1) is 28.0 Å². The molecule has 1 N–H and O–H groups in total. The van der Waals surface area contributed by atoms with E-state index in [1.54, 1.807) is 0 Å². The molecule has 1 unspecified atom stereocenters. The first-order chi connectivity index (χ1) is 33.1. The third kappa shape index (κ3) is 6.36. The maximum Gasteiger partial charge on any atom is 0.0783 e. The number of H-pyrrole nitrogens is 1. The number of aromatic amines is 1. The molecule has 3 heteroatoms. The summed E-state index contributed by atoms with van der Waals surface area (Å²) >= 11 is 0. The summed E-state index contributed by atoms with van der Waals surface area (Å²) in [5.41, 5.74) is 21.2. The van der Waals surface area contributed by atoms with Gasteiger partial charge in [0, 0.05) is 32.7 Å². The Balaban J connectivity index is 0.000000844. The zero-order valence-electron chi connectivity index (χ0n) is 40.0. The summed E-state index contributed by atoms with van der Waals surface area (Å²) < 4.78 is 2.48. The van der Waals surface area contributed by atoms with E-state index >= 15 is 0 Å². The Morgan fingerprint density at radius 3 is 1.70 bits per heavy atom. The van der Waals surface area contributed by atoms with Crippen LogP contribution in [-0.2, 0) is 5.41 Å². The van der Waals surface area contributed by atoms with Gasteiger partial charge in [-0.25, -0.2) is 0 Å². The molecular weight excluding hydrogens is 811 g/mol. The molecule has 330 valence electrons. The van der Waals surface area contributed by atoms with E-state index in [1.165, 1.54) is 99.3 Å². The van der Waals surface area contributed by atoms with Crippen LogP contribution >= 0.6 is 0 Å². The Morgan fingerprint density at radius 2 is 1.01 bits per heavy atom. The molecule has 11 aromatic rings. The maximum atomic E-state index is 3.84. The van der Waals surface area contributed by atoms with E-state index in [1.807, 2.05) is 41.5 Å². The van der Waals surface area contributed by atoms with Crippen molar-refractivity contribution in [3.63, 3.8) is 0 Å². The third-order valence-electron chi connectivity index (χ3n) is 13.8. The van der Waals surface area contributed by atoms with Crippen LogP contribution in [0.25, 0.3) is 82.7 Å². The van der Waals surface area contributed by atoms with Crippen molar-refractivity contribution in [3.8, 4) is 39.1 Å². The lowest BCUT2D eigenvalue weighted by atomic mass is 9.70. The smallest absolute Gasteiger partial charge is 0.0783 e. The van der Waals surface area contributed by atoms with Gasteiger partial charge in [-0.05, 0) is 105 Å². The average molecular weight is 870 g/mol. The number of nitrogens with zero attached hydrogens (tertiary/aromatic N) is 2. The molecule has 0 fully saturated rings. The van der Waals surface area contributed by atoms with Crippen molar-refractivity contribution in [1.82, 2.24) is 14.5 Å². The first-order valence-corrected chi connectivity index (χ1v) is 24.3. The number of aromatic nitrogens is 2. The van der Waals surface area contributed by atoms with Crippen LogP contribution < -0.4 is 0 Å². The summed E-state index contributed by atoms with van der Waals surface area (Å²) in [4.78, 5) is 6.23.